The summed E-state index contributed by atoms with van der Waals surface area (Å²) in [6.45, 7) is 2.86. The number of primary amides is 1. The third-order valence-electron chi connectivity index (χ3n) is 2.66. The highest BCUT2D eigenvalue weighted by Gasteiger charge is 2.29. The van der Waals surface area contributed by atoms with Crippen LogP contribution in [0.3, 0.4) is 0 Å². The van der Waals surface area contributed by atoms with Gasteiger partial charge in [-0.1, -0.05) is 23.2 Å². The lowest BCUT2D eigenvalue weighted by Crippen LogP contribution is -2.42. The average molecular weight is 340 g/mol. The summed E-state index contributed by atoms with van der Waals surface area (Å²) in [7, 11) is -3.98. The maximum Gasteiger partial charge on any atom is 0.243 e. The van der Waals surface area contributed by atoms with Gasteiger partial charge in [-0.3, -0.25) is 4.79 Å². The number of hydrogen-bond acceptors (Lipinski definition) is 4. The van der Waals surface area contributed by atoms with E-state index in [0.717, 1.165) is 0 Å². The number of amides is 1. The van der Waals surface area contributed by atoms with E-state index in [0.29, 0.717) is 0 Å². The maximum absolute atomic E-state index is 12.2. The number of halogens is 2. The van der Waals surface area contributed by atoms with Crippen LogP contribution in [0, 0.1) is 5.41 Å². The molecule has 1 aromatic rings. The average Bonchev–Trinajstić information content (AvgIpc) is 2.24. The summed E-state index contributed by atoms with van der Waals surface area (Å²) in [5.41, 5.74) is 9.89. The molecule has 6 nitrogen and oxygen atoms in total. The second-order valence-corrected chi connectivity index (χ2v) is 7.40. The third-order valence-corrected chi connectivity index (χ3v) is 4.98. The van der Waals surface area contributed by atoms with Gasteiger partial charge in [-0.15, -0.1) is 0 Å². The van der Waals surface area contributed by atoms with Gasteiger partial charge in [0, 0.05) is 12.2 Å². The van der Waals surface area contributed by atoms with Crippen LogP contribution < -0.4 is 16.2 Å². The van der Waals surface area contributed by atoms with Crippen molar-refractivity contribution in [2.45, 2.75) is 18.7 Å². The van der Waals surface area contributed by atoms with E-state index in [2.05, 4.69) is 4.72 Å². The summed E-state index contributed by atoms with van der Waals surface area (Å²) >= 11 is 11.7. The zero-order valence-electron chi connectivity index (χ0n) is 10.9. The highest BCUT2D eigenvalue weighted by molar-refractivity contribution is 7.89. The van der Waals surface area contributed by atoms with Crippen molar-refractivity contribution in [2.75, 3.05) is 12.3 Å². The predicted molar refractivity (Wildman–Crippen MR) is 79.0 cm³/mol. The fourth-order valence-electron chi connectivity index (χ4n) is 1.27. The van der Waals surface area contributed by atoms with Crippen molar-refractivity contribution >= 4 is 44.8 Å². The Kier molecular flexibility index (Phi) is 4.91. The number of anilines is 1. The molecule has 0 radical (unpaired) electrons. The van der Waals surface area contributed by atoms with E-state index in [4.69, 9.17) is 34.7 Å². The molecule has 0 aliphatic heterocycles. The normalized spacial score (nSPS) is 12.4. The van der Waals surface area contributed by atoms with Crippen LogP contribution in [-0.4, -0.2) is 20.9 Å². The zero-order valence-corrected chi connectivity index (χ0v) is 13.2. The maximum atomic E-state index is 12.2. The van der Waals surface area contributed by atoms with Gasteiger partial charge in [0.1, 0.15) is 4.90 Å². The Morgan fingerprint density at radius 3 is 2.15 bits per heavy atom. The van der Waals surface area contributed by atoms with E-state index in [9.17, 15) is 13.2 Å². The number of nitrogen functional groups attached to an aromatic ring is 1. The molecule has 112 valence electrons. The van der Waals surface area contributed by atoms with Crippen molar-refractivity contribution in [3.63, 3.8) is 0 Å². The monoisotopic (exact) mass is 339 g/mol. The summed E-state index contributed by atoms with van der Waals surface area (Å²) in [5, 5.41) is -0.196. The van der Waals surface area contributed by atoms with E-state index < -0.39 is 21.3 Å². The van der Waals surface area contributed by atoms with Gasteiger partial charge < -0.3 is 11.5 Å². The van der Waals surface area contributed by atoms with Gasteiger partial charge in [0.05, 0.1) is 15.5 Å². The van der Waals surface area contributed by atoms with Crippen molar-refractivity contribution < 1.29 is 13.2 Å². The molecule has 20 heavy (non-hydrogen) atoms. The number of benzene rings is 1. The van der Waals surface area contributed by atoms with Gasteiger partial charge in [-0.25, -0.2) is 13.1 Å². The molecule has 5 N–H and O–H groups in total. The molecule has 0 unspecified atom stereocenters. The van der Waals surface area contributed by atoms with Crippen molar-refractivity contribution in [3.8, 4) is 0 Å². The minimum atomic E-state index is -3.98. The summed E-state index contributed by atoms with van der Waals surface area (Å²) in [6, 6.07) is 2.56. The van der Waals surface area contributed by atoms with E-state index >= 15 is 0 Å². The first-order valence-electron chi connectivity index (χ1n) is 5.51. The first-order valence-corrected chi connectivity index (χ1v) is 7.75. The molecule has 0 aliphatic rings. The highest BCUT2D eigenvalue weighted by atomic mass is 35.5. The van der Waals surface area contributed by atoms with Crippen LogP contribution >= 0.6 is 23.2 Å². The molecule has 0 saturated carbocycles. The standard InChI is InChI=1S/C11H15Cl2N3O3S/c1-11(2,10(15)17)5-16-20(18,19)9-7(12)3-6(14)4-8(9)13/h3-4,16H,5,14H2,1-2H3,(H2,15,17). The van der Waals surface area contributed by atoms with Crippen molar-refractivity contribution in [2.24, 2.45) is 11.1 Å². The smallest absolute Gasteiger partial charge is 0.243 e. The lowest BCUT2D eigenvalue weighted by Gasteiger charge is -2.21. The summed E-state index contributed by atoms with van der Waals surface area (Å²) in [5.74, 6) is -0.630. The number of sulfonamides is 1. The minimum Gasteiger partial charge on any atom is -0.399 e. The largest absolute Gasteiger partial charge is 0.399 e. The molecule has 0 atom stereocenters. The Bertz CT molecular complexity index is 621. The molecular formula is C11H15Cl2N3O3S. The molecule has 0 aliphatic carbocycles. The number of hydrogen-bond donors (Lipinski definition) is 3. The van der Waals surface area contributed by atoms with Crippen LogP contribution in [0.15, 0.2) is 17.0 Å². The molecule has 0 spiro atoms. The number of nitrogens with one attached hydrogen (secondary N) is 1. The fourth-order valence-corrected chi connectivity index (χ4v) is 3.71. The zero-order chi connectivity index (χ0) is 15.7. The van der Waals surface area contributed by atoms with Crippen LogP contribution in [-0.2, 0) is 14.8 Å². The van der Waals surface area contributed by atoms with Crippen molar-refractivity contribution in [1.82, 2.24) is 4.72 Å². The topological polar surface area (TPSA) is 115 Å². The first kappa shape index (κ1) is 17.0. The molecule has 0 aromatic heterocycles. The van der Waals surface area contributed by atoms with Gasteiger partial charge in [0.25, 0.3) is 0 Å². The molecular weight excluding hydrogens is 325 g/mol. The number of nitrogens with two attached hydrogens (primary N) is 2. The number of carbonyl (C=O) groups is 1. The lowest BCUT2D eigenvalue weighted by molar-refractivity contribution is -0.125. The van der Waals surface area contributed by atoms with E-state index in [1.807, 2.05) is 0 Å². The second-order valence-electron chi connectivity index (χ2n) is 4.89. The second kappa shape index (κ2) is 5.77. The van der Waals surface area contributed by atoms with Gasteiger partial charge in [-0.2, -0.15) is 0 Å². The quantitative estimate of drug-likeness (QED) is 0.702. The van der Waals surface area contributed by atoms with Crippen LogP contribution in [0.1, 0.15) is 13.8 Å². The third kappa shape index (κ3) is 3.76. The van der Waals surface area contributed by atoms with Crippen LogP contribution in [0.25, 0.3) is 0 Å². The fraction of sp³-hybridized carbons (Fsp3) is 0.364. The Labute approximate surface area is 127 Å². The van der Waals surface area contributed by atoms with Crippen LogP contribution in [0.2, 0.25) is 10.0 Å². The molecule has 1 amide bonds. The molecule has 1 aromatic carbocycles. The van der Waals surface area contributed by atoms with Gasteiger partial charge in [0.2, 0.25) is 15.9 Å². The molecule has 0 heterocycles. The predicted octanol–water partition coefficient (Wildman–Crippen LogP) is 1.37. The molecule has 1 rings (SSSR count). The summed E-state index contributed by atoms with van der Waals surface area (Å²) in [4.78, 5) is 10.9. The Morgan fingerprint density at radius 1 is 1.30 bits per heavy atom. The first-order chi connectivity index (χ1) is 8.97. The molecule has 0 fully saturated rings. The summed E-state index contributed by atoms with van der Waals surface area (Å²) in [6.07, 6.45) is 0. The Morgan fingerprint density at radius 2 is 1.75 bits per heavy atom. The molecule has 9 heteroatoms. The van der Waals surface area contributed by atoms with E-state index in [1.165, 1.54) is 26.0 Å². The van der Waals surface area contributed by atoms with Crippen LogP contribution in [0.5, 0.6) is 0 Å². The number of carbonyl (C=O) groups excluding carboxylic acids is 1. The van der Waals surface area contributed by atoms with E-state index in [1.54, 1.807) is 0 Å². The SMILES string of the molecule is CC(C)(CNS(=O)(=O)c1c(Cl)cc(N)cc1Cl)C(N)=O. The Balaban J connectivity index is 3.11. The summed E-state index contributed by atoms with van der Waals surface area (Å²) < 4.78 is 26.6. The van der Waals surface area contributed by atoms with Crippen molar-refractivity contribution in [1.29, 1.82) is 0 Å². The molecule has 0 bridgehead atoms. The van der Waals surface area contributed by atoms with Crippen LogP contribution in [0.4, 0.5) is 5.69 Å². The Hall–Kier alpha value is -1.02. The van der Waals surface area contributed by atoms with E-state index in [-0.39, 0.29) is 27.2 Å². The minimum absolute atomic E-state index is 0.0978. The molecule has 0 saturated heterocycles. The van der Waals surface area contributed by atoms with Gasteiger partial charge >= 0.3 is 0 Å². The lowest BCUT2D eigenvalue weighted by atomic mass is 9.93. The highest BCUT2D eigenvalue weighted by Crippen LogP contribution is 2.31. The van der Waals surface area contributed by atoms with Gasteiger partial charge in [-0.05, 0) is 26.0 Å². The number of rotatable bonds is 5. The van der Waals surface area contributed by atoms with Gasteiger partial charge in [0.15, 0.2) is 0 Å². The van der Waals surface area contributed by atoms with Crippen molar-refractivity contribution in [3.05, 3.63) is 22.2 Å².